The van der Waals surface area contributed by atoms with Gasteiger partial charge in [0.05, 0.1) is 14.2 Å². The lowest BCUT2D eigenvalue weighted by Gasteiger charge is -2.22. The number of benzene rings is 1. The maximum atomic E-state index is 11.8. The van der Waals surface area contributed by atoms with Crippen LogP contribution in [-0.2, 0) is 4.79 Å². The van der Waals surface area contributed by atoms with E-state index >= 15 is 0 Å². The molecule has 5 nitrogen and oxygen atoms in total. The fraction of sp³-hybridized carbons (Fsp3) is 0.533. The van der Waals surface area contributed by atoms with Crippen LogP contribution in [0, 0.1) is 0 Å². The van der Waals surface area contributed by atoms with Crippen molar-refractivity contribution in [1.82, 2.24) is 5.32 Å². The van der Waals surface area contributed by atoms with Crippen LogP contribution in [0.15, 0.2) is 18.2 Å². The zero-order valence-corrected chi connectivity index (χ0v) is 12.0. The van der Waals surface area contributed by atoms with Gasteiger partial charge in [0.25, 0.3) is 0 Å². The SMILES string of the molecule is COc1ccc(OC)c(C(NC2CCCC2)C(N)=O)c1. The zero-order chi connectivity index (χ0) is 14.5. The maximum Gasteiger partial charge on any atom is 0.239 e. The van der Waals surface area contributed by atoms with Crippen LogP contribution in [0.2, 0.25) is 0 Å². The fourth-order valence-electron chi connectivity index (χ4n) is 2.72. The van der Waals surface area contributed by atoms with Crippen molar-refractivity contribution in [3.63, 3.8) is 0 Å². The minimum absolute atomic E-state index is 0.336. The van der Waals surface area contributed by atoms with E-state index < -0.39 is 11.9 Å². The number of hydrogen-bond acceptors (Lipinski definition) is 4. The molecule has 3 N–H and O–H groups in total. The molecule has 110 valence electrons. The summed E-state index contributed by atoms with van der Waals surface area (Å²) in [6, 6.07) is 5.18. The van der Waals surface area contributed by atoms with Gasteiger partial charge in [0, 0.05) is 11.6 Å². The summed E-state index contributed by atoms with van der Waals surface area (Å²) in [6.07, 6.45) is 4.54. The van der Waals surface area contributed by atoms with Gasteiger partial charge in [-0.3, -0.25) is 10.1 Å². The van der Waals surface area contributed by atoms with Crippen molar-refractivity contribution < 1.29 is 14.3 Å². The molecule has 1 aliphatic carbocycles. The lowest BCUT2D eigenvalue weighted by atomic mass is 10.0. The number of nitrogens with one attached hydrogen (secondary N) is 1. The Morgan fingerprint density at radius 2 is 2.00 bits per heavy atom. The minimum Gasteiger partial charge on any atom is -0.497 e. The van der Waals surface area contributed by atoms with E-state index in [-0.39, 0.29) is 0 Å². The summed E-state index contributed by atoms with van der Waals surface area (Å²) in [5, 5.41) is 3.35. The number of nitrogens with two attached hydrogens (primary N) is 1. The second kappa shape index (κ2) is 6.61. The van der Waals surface area contributed by atoms with Gasteiger partial charge in [0.1, 0.15) is 17.5 Å². The van der Waals surface area contributed by atoms with Crippen molar-refractivity contribution in [2.24, 2.45) is 5.73 Å². The smallest absolute Gasteiger partial charge is 0.239 e. The van der Waals surface area contributed by atoms with E-state index in [1.54, 1.807) is 32.4 Å². The lowest BCUT2D eigenvalue weighted by Crippen LogP contribution is -2.39. The van der Waals surface area contributed by atoms with Crippen LogP contribution in [0.25, 0.3) is 0 Å². The molecule has 1 saturated carbocycles. The van der Waals surface area contributed by atoms with Gasteiger partial charge in [-0.2, -0.15) is 0 Å². The Labute approximate surface area is 119 Å². The molecule has 20 heavy (non-hydrogen) atoms. The molecule has 0 spiro atoms. The monoisotopic (exact) mass is 278 g/mol. The molecular weight excluding hydrogens is 256 g/mol. The molecule has 0 saturated heterocycles. The largest absolute Gasteiger partial charge is 0.497 e. The van der Waals surface area contributed by atoms with Gasteiger partial charge in [-0.05, 0) is 31.0 Å². The standard InChI is InChI=1S/C15H22N2O3/c1-19-11-7-8-13(20-2)12(9-11)14(15(16)18)17-10-5-3-4-6-10/h7-10,14,17H,3-6H2,1-2H3,(H2,16,18). The predicted molar refractivity (Wildman–Crippen MR) is 76.9 cm³/mol. The molecule has 1 unspecified atom stereocenters. The Morgan fingerprint density at radius 3 is 2.55 bits per heavy atom. The summed E-state index contributed by atoms with van der Waals surface area (Å²) >= 11 is 0. The predicted octanol–water partition coefficient (Wildman–Crippen LogP) is 1.76. The highest BCUT2D eigenvalue weighted by Gasteiger charge is 2.26. The second-order valence-electron chi connectivity index (χ2n) is 5.09. The van der Waals surface area contributed by atoms with Gasteiger partial charge in [-0.1, -0.05) is 12.8 Å². The third-order valence-corrected chi connectivity index (χ3v) is 3.79. The number of methoxy groups -OCH3 is 2. The minimum atomic E-state index is -0.553. The van der Waals surface area contributed by atoms with Crippen molar-refractivity contribution in [3.8, 4) is 11.5 Å². The summed E-state index contributed by atoms with van der Waals surface area (Å²) in [5.41, 5.74) is 6.29. The van der Waals surface area contributed by atoms with E-state index in [2.05, 4.69) is 5.32 Å². The molecule has 1 fully saturated rings. The number of primary amides is 1. The topological polar surface area (TPSA) is 73.6 Å². The van der Waals surface area contributed by atoms with Crippen molar-refractivity contribution in [2.45, 2.75) is 37.8 Å². The van der Waals surface area contributed by atoms with Crippen molar-refractivity contribution >= 4 is 5.91 Å². The van der Waals surface area contributed by atoms with Gasteiger partial charge < -0.3 is 15.2 Å². The molecule has 2 rings (SSSR count). The molecule has 0 aromatic heterocycles. The molecule has 1 atom stereocenters. The second-order valence-corrected chi connectivity index (χ2v) is 5.09. The van der Waals surface area contributed by atoms with Crippen molar-refractivity contribution in [1.29, 1.82) is 0 Å². The molecular formula is C15H22N2O3. The quantitative estimate of drug-likeness (QED) is 0.831. The Kier molecular flexibility index (Phi) is 4.84. The van der Waals surface area contributed by atoms with Crippen LogP contribution >= 0.6 is 0 Å². The van der Waals surface area contributed by atoms with E-state index in [4.69, 9.17) is 15.2 Å². The van der Waals surface area contributed by atoms with E-state index in [1.165, 1.54) is 12.8 Å². The first kappa shape index (κ1) is 14.7. The van der Waals surface area contributed by atoms with Gasteiger partial charge in [-0.15, -0.1) is 0 Å². The molecule has 1 aromatic rings. The Bertz CT molecular complexity index is 470. The van der Waals surface area contributed by atoms with Crippen LogP contribution in [0.3, 0.4) is 0 Å². The van der Waals surface area contributed by atoms with E-state index in [1.807, 2.05) is 0 Å². The molecule has 1 aliphatic rings. The summed E-state index contributed by atoms with van der Waals surface area (Å²) in [4.78, 5) is 11.8. The van der Waals surface area contributed by atoms with E-state index in [0.717, 1.165) is 18.4 Å². The third kappa shape index (κ3) is 3.22. The normalized spacial score (nSPS) is 16.9. The number of carbonyl (C=O) groups excluding carboxylic acids is 1. The molecule has 0 bridgehead atoms. The lowest BCUT2D eigenvalue weighted by molar-refractivity contribution is -0.120. The third-order valence-electron chi connectivity index (χ3n) is 3.79. The average Bonchev–Trinajstić information content (AvgIpc) is 2.96. The Morgan fingerprint density at radius 1 is 1.30 bits per heavy atom. The summed E-state index contributed by atoms with van der Waals surface area (Å²) < 4.78 is 10.6. The summed E-state index contributed by atoms with van der Waals surface area (Å²) in [7, 11) is 3.17. The van der Waals surface area contributed by atoms with E-state index in [9.17, 15) is 4.79 Å². The Balaban J connectivity index is 2.29. The first-order valence-corrected chi connectivity index (χ1v) is 6.93. The highest BCUT2D eigenvalue weighted by Crippen LogP contribution is 2.31. The molecule has 0 aliphatic heterocycles. The number of amides is 1. The Hall–Kier alpha value is -1.75. The zero-order valence-electron chi connectivity index (χ0n) is 12.0. The molecule has 5 heteroatoms. The molecule has 1 aromatic carbocycles. The van der Waals surface area contributed by atoms with Crippen LogP contribution in [0.5, 0.6) is 11.5 Å². The maximum absolute atomic E-state index is 11.8. The van der Waals surface area contributed by atoms with Gasteiger partial charge in [0.15, 0.2) is 0 Å². The molecule has 1 amide bonds. The highest BCUT2D eigenvalue weighted by atomic mass is 16.5. The summed E-state index contributed by atoms with van der Waals surface area (Å²) in [6.45, 7) is 0. The van der Waals surface area contributed by atoms with Crippen molar-refractivity contribution in [2.75, 3.05) is 14.2 Å². The van der Waals surface area contributed by atoms with E-state index in [0.29, 0.717) is 17.5 Å². The van der Waals surface area contributed by atoms with Crippen LogP contribution in [-0.4, -0.2) is 26.2 Å². The molecule has 0 heterocycles. The van der Waals surface area contributed by atoms with Crippen LogP contribution in [0.4, 0.5) is 0 Å². The van der Waals surface area contributed by atoms with Crippen molar-refractivity contribution in [3.05, 3.63) is 23.8 Å². The van der Waals surface area contributed by atoms with Gasteiger partial charge >= 0.3 is 0 Å². The fourth-order valence-corrected chi connectivity index (χ4v) is 2.72. The first-order valence-electron chi connectivity index (χ1n) is 6.93. The summed E-state index contributed by atoms with van der Waals surface area (Å²) in [5.74, 6) is 0.920. The molecule has 0 radical (unpaired) electrons. The van der Waals surface area contributed by atoms with Crippen LogP contribution in [0.1, 0.15) is 37.3 Å². The number of hydrogen-bond donors (Lipinski definition) is 2. The first-order chi connectivity index (χ1) is 9.65. The highest BCUT2D eigenvalue weighted by molar-refractivity contribution is 5.82. The average molecular weight is 278 g/mol. The number of rotatable bonds is 6. The van der Waals surface area contributed by atoms with Gasteiger partial charge in [-0.25, -0.2) is 0 Å². The van der Waals surface area contributed by atoms with Gasteiger partial charge in [0.2, 0.25) is 5.91 Å². The number of carbonyl (C=O) groups is 1. The van der Waals surface area contributed by atoms with Crippen LogP contribution < -0.4 is 20.5 Å². The number of ether oxygens (including phenoxy) is 2.